The van der Waals surface area contributed by atoms with Gasteiger partial charge in [0, 0.05) is 13.2 Å². The summed E-state index contributed by atoms with van der Waals surface area (Å²) in [7, 11) is 0. The third-order valence-electron chi connectivity index (χ3n) is 3.92. The Morgan fingerprint density at radius 3 is 2.74 bits per heavy atom. The first-order chi connectivity index (χ1) is 8.99. The number of aromatic amines is 1. The number of H-pyrrole nitrogens is 1. The van der Waals surface area contributed by atoms with Crippen LogP contribution >= 0.6 is 0 Å². The van der Waals surface area contributed by atoms with Gasteiger partial charge in [-0.1, -0.05) is 0 Å². The molecule has 0 bridgehead atoms. The first-order valence-corrected chi connectivity index (χ1v) is 6.44. The van der Waals surface area contributed by atoms with Crippen LogP contribution in [-0.2, 0) is 0 Å². The number of hydrogen-bond acceptors (Lipinski definition) is 4. The van der Waals surface area contributed by atoms with Crippen molar-refractivity contribution in [2.45, 2.75) is 33.1 Å². The molecule has 1 amide bonds. The highest BCUT2D eigenvalue weighted by Gasteiger charge is 2.42. The maximum Gasteiger partial charge on any atom is 0.277 e. The van der Waals surface area contributed by atoms with E-state index >= 15 is 0 Å². The maximum absolute atomic E-state index is 12.1. The summed E-state index contributed by atoms with van der Waals surface area (Å²) in [5, 5.41) is 17.9. The molecule has 1 fully saturated rings. The summed E-state index contributed by atoms with van der Waals surface area (Å²) in [4.78, 5) is 23.8. The van der Waals surface area contributed by atoms with Crippen molar-refractivity contribution in [1.29, 1.82) is 0 Å². The molecule has 0 aromatic carbocycles. The van der Waals surface area contributed by atoms with Crippen molar-refractivity contribution >= 4 is 5.91 Å². The van der Waals surface area contributed by atoms with Crippen LogP contribution in [0.2, 0.25) is 0 Å². The van der Waals surface area contributed by atoms with E-state index in [1.165, 1.54) is 0 Å². The number of nitrogens with one attached hydrogen (secondary N) is 2. The molecule has 2 rings (SSSR count). The summed E-state index contributed by atoms with van der Waals surface area (Å²) >= 11 is 0. The minimum absolute atomic E-state index is 0.0349. The lowest BCUT2D eigenvalue weighted by molar-refractivity contribution is 0.0938. The Labute approximate surface area is 111 Å². The highest BCUT2D eigenvalue weighted by Crippen LogP contribution is 2.47. The molecule has 0 spiro atoms. The zero-order chi connectivity index (χ0) is 14.0. The fourth-order valence-electron chi connectivity index (χ4n) is 2.18. The molecule has 1 aliphatic rings. The first kappa shape index (κ1) is 13.7. The number of aromatic nitrogens is 2. The lowest BCUT2D eigenvalue weighted by atomic mass is 10.0. The molecule has 6 heteroatoms. The van der Waals surface area contributed by atoms with Gasteiger partial charge in [0.1, 0.15) is 5.56 Å². The maximum atomic E-state index is 12.1. The van der Waals surface area contributed by atoms with Crippen molar-refractivity contribution in [2.75, 3.05) is 13.2 Å². The van der Waals surface area contributed by atoms with E-state index in [9.17, 15) is 9.59 Å². The minimum atomic E-state index is -0.465. The molecule has 104 valence electrons. The van der Waals surface area contributed by atoms with Crippen LogP contribution in [0.4, 0.5) is 0 Å². The molecule has 19 heavy (non-hydrogen) atoms. The first-order valence-electron chi connectivity index (χ1n) is 6.44. The quantitative estimate of drug-likeness (QED) is 0.712. The Morgan fingerprint density at radius 2 is 2.16 bits per heavy atom. The van der Waals surface area contributed by atoms with Crippen LogP contribution in [0, 0.1) is 19.3 Å². The SMILES string of the molecule is Cc1n[nH]c(=O)c(C(=O)NCC2(CCO)CC2)c1C. The normalized spacial score (nSPS) is 16.2. The topological polar surface area (TPSA) is 95.1 Å². The molecule has 0 aliphatic heterocycles. The predicted octanol–water partition coefficient (Wildman–Crippen LogP) is 0.279. The summed E-state index contributed by atoms with van der Waals surface area (Å²) in [6, 6.07) is 0. The molecule has 0 atom stereocenters. The number of aliphatic hydroxyl groups excluding tert-OH is 1. The van der Waals surface area contributed by atoms with Gasteiger partial charge in [0.25, 0.3) is 11.5 Å². The summed E-state index contributed by atoms with van der Waals surface area (Å²) < 4.78 is 0. The van der Waals surface area contributed by atoms with Crippen LogP contribution in [-0.4, -0.2) is 34.4 Å². The van der Waals surface area contributed by atoms with Crippen LogP contribution in [0.25, 0.3) is 0 Å². The molecule has 1 aliphatic carbocycles. The minimum Gasteiger partial charge on any atom is -0.396 e. The van der Waals surface area contributed by atoms with Gasteiger partial charge < -0.3 is 10.4 Å². The van der Waals surface area contributed by atoms with Gasteiger partial charge in [0.2, 0.25) is 0 Å². The van der Waals surface area contributed by atoms with E-state index in [2.05, 4.69) is 15.5 Å². The van der Waals surface area contributed by atoms with Gasteiger partial charge in [0.05, 0.1) is 5.69 Å². The molecular formula is C13H19N3O3. The largest absolute Gasteiger partial charge is 0.396 e. The fourth-order valence-corrected chi connectivity index (χ4v) is 2.18. The highest BCUT2D eigenvalue weighted by molar-refractivity contribution is 5.95. The van der Waals surface area contributed by atoms with Crippen molar-refractivity contribution in [2.24, 2.45) is 5.41 Å². The fraction of sp³-hybridized carbons (Fsp3) is 0.615. The van der Waals surface area contributed by atoms with Crippen LogP contribution < -0.4 is 10.9 Å². The number of rotatable bonds is 5. The Bertz CT molecular complexity index is 547. The molecular weight excluding hydrogens is 246 g/mol. The van der Waals surface area contributed by atoms with Crippen molar-refractivity contribution < 1.29 is 9.90 Å². The number of amides is 1. The second kappa shape index (κ2) is 5.13. The Balaban J connectivity index is 2.09. The van der Waals surface area contributed by atoms with E-state index in [4.69, 9.17) is 5.11 Å². The number of aliphatic hydroxyl groups is 1. The lowest BCUT2D eigenvalue weighted by Gasteiger charge is -2.15. The van der Waals surface area contributed by atoms with E-state index in [1.54, 1.807) is 13.8 Å². The lowest BCUT2D eigenvalue weighted by Crippen LogP contribution is -2.35. The van der Waals surface area contributed by atoms with Crippen molar-refractivity contribution in [3.63, 3.8) is 0 Å². The highest BCUT2D eigenvalue weighted by atomic mass is 16.3. The monoisotopic (exact) mass is 265 g/mol. The van der Waals surface area contributed by atoms with E-state index in [0.717, 1.165) is 12.8 Å². The predicted molar refractivity (Wildman–Crippen MR) is 70.0 cm³/mol. The van der Waals surface area contributed by atoms with Gasteiger partial charge >= 0.3 is 0 Å². The van der Waals surface area contributed by atoms with Gasteiger partial charge in [-0.3, -0.25) is 9.59 Å². The summed E-state index contributed by atoms with van der Waals surface area (Å²) in [6.07, 6.45) is 2.72. The molecule has 1 heterocycles. The summed E-state index contributed by atoms with van der Waals surface area (Å²) in [6.45, 7) is 4.10. The van der Waals surface area contributed by atoms with Gasteiger partial charge in [-0.15, -0.1) is 0 Å². The number of nitrogens with zero attached hydrogens (tertiary/aromatic N) is 1. The van der Waals surface area contributed by atoms with E-state index in [0.29, 0.717) is 24.2 Å². The number of hydrogen-bond donors (Lipinski definition) is 3. The zero-order valence-corrected chi connectivity index (χ0v) is 11.2. The van der Waals surface area contributed by atoms with Crippen molar-refractivity contribution in [3.8, 4) is 0 Å². The summed E-state index contributed by atoms with van der Waals surface area (Å²) in [5.41, 5.74) is 0.946. The average Bonchev–Trinajstić information content (AvgIpc) is 3.13. The number of aryl methyl sites for hydroxylation is 1. The smallest absolute Gasteiger partial charge is 0.277 e. The van der Waals surface area contributed by atoms with Crippen molar-refractivity contribution in [3.05, 3.63) is 27.2 Å². The Kier molecular flexibility index (Phi) is 3.71. The van der Waals surface area contributed by atoms with E-state index < -0.39 is 5.56 Å². The molecule has 1 saturated carbocycles. The second-order valence-electron chi connectivity index (χ2n) is 5.29. The molecule has 0 radical (unpaired) electrons. The molecule has 0 saturated heterocycles. The van der Waals surface area contributed by atoms with Gasteiger partial charge in [-0.05, 0) is 44.1 Å². The van der Waals surface area contributed by atoms with Crippen LogP contribution in [0.15, 0.2) is 4.79 Å². The van der Waals surface area contributed by atoms with Crippen LogP contribution in [0.1, 0.15) is 40.9 Å². The molecule has 3 N–H and O–H groups in total. The molecule has 6 nitrogen and oxygen atoms in total. The number of carbonyl (C=O) groups excluding carboxylic acids is 1. The molecule has 0 unspecified atom stereocenters. The Hall–Kier alpha value is -1.69. The number of carbonyl (C=O) groups is 1. The summed E-state index contributed by atoms with van der Waals surface area (Å²) in [5.74, 6) is -0.367. The standard InChI is InChI=1S/C13H19N3O3/c1-8-9(2)15-16-12(19)10(8)11(18)14-7-13(3-4-13)5-6-17/h17H,3-7H2,1-2H3,(H,14,18)(H,16,19). The Morgan fingerprint density at radius 1 is 1.47 bits per heavy atom. The average molecular weight is 265 g/mol. The van der Waals surface area contributed by atoms with Crippen LogP contribution in [0.3, 0.4) is 0 Å². The third kappa shape index (κ3) is 2.84. The van der Waals surface area contributed by atoms with E-state index in [-0.39, 0.29) is 23.5 Å². The van der Waals surface area contributed by atoms with Crippen LogP contribution in [0.5, 0.6) is 0 Å². The van der Waals surface area contributed by atoms with Gasteiger partial charge in [-0.2, -0.15) is 5.10 Å². The second-order valence-corrected chi connectivity index (χ2v) is 5.29. The third-order valence-corrected chi connectivity index (χ3v) is 3.92. The van der Waals surface area contributed by atoms with Crippen molar-refractivity contribution in [1.82, 2.24) is 15.5 Å². The molecule has 1 aromatic heterocycles. The van der Waals surface area contributed by atoms with Gasteiger partial charge in [-0.25, -0.2) is 5.10 Å². The van der Waals surface area contributed by atoms with Gasteiger partial charge in [0.15, 0.2) is 0 Å². The van der Waals surface area contributed by atoms with E-state index in [1.807, 2.05) is 0 Å². The molecule has 1 aromatic rings. The zero-order valence-electron chi connectivity index (χ0n) is 11.2.